The molecule has 0 unspecified atom stereocenters. The van der Waals surface area contributed by atoms with Crippen molar-refractivity contribution >= 4 is 11.8 Å². The summed E-state index contributed by atoms with van der Waals surface area (Å²) in [5, 5.41) is 3.04. The van der Waals surface area contributed by atoms with Crippen LogP contribution in [0.25, 0.3) is 0 Å². The van der Waals surface area contributed by atoms with Crippen LogP contribution in [0.3, 0.4) is 0 Å². The number of nitrogens with zero attached hydrogens (tertiary/aromatic N) is 1. The summed E-state index contributed by atoms with van der Waals surface area (Å²) in [7, 11) is 1.62. The highest BCUT2D eigenvalue weighted by Gasteiger charge is 2.29. The molecule has 178 valence electrons. The summed E-state index contributed by atoms with van der Waals surface area (Å²) in [5.74, 6) is 2.00. The Morgan fingerprint density at radius 2 is 1.73 bits per heavy atom. The molecule has 0 saturated heterocycles. The summed E-state index contributed by atoms with van der Waals surface area (Å²) in [6, 6.07) is 12.8. The van der Waals surface area contributed by atoms with Gasteiger partial charge in [-0.15, -0.1) is 0 Å². The van der Waals surface area contributed by atoms with E-state index in [-0.39, 0.29) is 24.6 Å². The molecular formula is C26H34N2O5. The maximum absolute atomic E-state index is 13.4. The Hall–Kier alpha value is -3.22. The Balaban J connectivity index is 1.76. The molecule has 0 radical (unpaired) electrons. The van der Waals surface area contributed by atoms with Crippen LogP contribution in [0.15, 0.2) is 42.5 Å². The van der Waals surface area contributed by atoms with Gasteiger partial charge in [-0.1, -0.05) is 32.0 Å². The van der Waals surface area contributed by atoms with Crippen molar-refractivity contribution in [2.24, 2.45) is 0 Å². The molecule has 7 nitrogen and oxygen atoms in total. The first kappa shape index (κ1) is 24.4. The van der Waals surface area contributed by atoms with Gasteiger partial charge in [-0.25, -0.2) is 0 Å². The van der Waals surface area contributed by atoms with E-state index in [2.05, 4.69) is 5.32 Å². The molecule has 0 aliphatic carbocycles. The van der Waals surface area contributed by atoms with Gasteiger partial charge in [-0.05, 0) is 61.6 Å². The fourth-order valence-corrected chi connectivity index (χ4v) is 3.78. The van der Waals surface area contributed by atoms with Crippen molar-refractivity contribution in [2.75, 3.05) is 13.9 Å². The zero-order valence-corrected chi connectivity index (χ0v) is 19.9. The van der Waals surface area contributed by atoms with Crippen LogP contribution in [-0.2, 0) is 22.6 Å². The highest BCUT2D eigenvalue weighted by Crippen LogP contribution is 2.32. The summed E-state index contributed by atoms with van der Waals surface area (Å²) < 4.78 is 16.0. The van der Waals surface area contributed by atoms with E-state index in [0.29, 0.717) is 31.6 Å². The number of amides is 2. The molecule has 2 atom stereocenters. The monoisotopic (exact) mass is 454 g/mol. The number of benzene rings is 2. The molecular weight excluding hydrogens is 420 g/mol. The van der Waals surface area contributed by atoms with Crippen molar-refractivity contribution < 1.29 is 23.8 Å². The lowest BCUT2D eigenvalue weighted by molar-refractivity contribution is -0.141. The standard InChI is InChI=1S/C26H34N2O5/c1-5-18(3)27-26(30)22(6-2)28(16-20-7-11-21(31-4)12-8-20)25(29)14-10-19-9-13-23-24(15-19)33-17-32-23/h7-9,11-13,15,18,22H,5-6,10,14,16-17H2,1-4H3,(H,27,30)/t18-,22-/m0/s1. The predicted octanol–water partition coefficient (Wildman–Crippen LogP) is 4.08. The van der Waals surface area contributed by atoms with Gasteiger partial charge in [-0.3, -0.25) is 9.59 Å². The van der Waals surface area contributed by atoms with E-state index in [9.17, 15) is 9.59 Å². The fraction of sp³-hybridized carbons (Fsp3) is 0.462. The van der Waals surface area contributed by atoms with Crippen LogP contribution < -0.4 is 19.5 Å². The minimum atomic E-state index is -0.537. The van der Waals surface area contributed by atoms with E-state index in [1.165, 1.54) is 0 Å². The molecule has 1 heterocycles. The average molecular weight is 455 g/mol. The van der Waals surface area contributed by atoms with Crippen LogP contribution in [-0.4, -0.2) is 42.7 Å². The van der Waals surface area contributed by atoms with Crippen LogP contribution in [0, 0.1) is 0 Å². The number of aryl methyl sites for hydroxylation is 1. The van der Waals surface area contributed by atoms with Gasteiger partial charge in [0, 0.05) is 19.0 Å². The summed E-state index contributed by atoms with van der Waals surface area (Å²) >= 11 is 0. The number of methoxy groups -OCH3 is 1. The smallest absolute Gasteiger partial charge is 0.243 e. The van der Waals surface area contributed by atoms with Crippen LogP contribution in [0.1, 0.15) is 51.2 Å². The maximum Gasteiger partial charge on any atom is 0.243 e. The van der Waals surface area contributed by atoms with E-state index >= 15 is 0 Å². The van der Waals surface area contributed by atoms with Crippen LogP contribution >= 0.6 is 0 Å². The van der Waals surface area contributed by atoms with Gasteiger partial charge in [0.1, 0.15) is 11.8 Å². The second-order valence-corrected chi connectivity index (χ2v) is 8.30. The van der Waals surface area contributed by atoms with Crippen molar-refractivity contribution in [2.45, 2.75) is 65.1 Å². The number of fused-ring (bicyclic) bond motifs is 1. The molecule has 0 bridgehead atoms. The molecule has 7 heteroatoms. The normalized spacial score (nSPS) is 13.8. The quantitative estimate of drug-likeness (QED) is 0.554. The molecule has 2 aromatic rings. The first-order valence-corrected chi connectivity index (χ1v) is 11.6. The third-order valence-electron chi connectivity index (χ3n) is 5.96. The third-order valence-corrected chi connectivity index (χ3v) is 5.96. The van der Waals surface area contributed by atoms with E-state index in [1.807, 2.05) is 63.2 Å². The second-order valence-electron chi connectivity index (χ2n) is 8.30. The Bertz CT molecular complexity index is 944. The molecule has 0 fully saturated rings. The zero-order chi connectivity index (χ0) is 23.8. The average Bonchev–Trinajstić information content (AvgIpc) is 3.30. The Morgan fingerprint density at radius 1 is 1.03 bits per heavy atom. The van der Waals surface area contributed by atoms with Crippen molar-refractivity contribution in [1.82, 2.24) is 10.2 Å². The number of rotatable bonds is 11. The minimum absolute atomic E-state index is 0.0538. The van der Waals surface area contributed by atoms with Gasteiger partial charge in [0.25, 0.3) is 0 Å². The van der Waals surface area contributed by atoms with Gasteiger partial charge in [0.2, 0.25) is 18.6 Å². The van der Waals surface area contributed by atoms with Crippen LogP contribution in [0.4, 0.5) is 0 Å². The van der Waals surface area contributed by atoms with Gasteiger partial charge in [0.05, 0.1) is 7.11 Å². The Morgan fingerprint density at radius 3 is 2.39 bits per heavy atom. The predicted molar refractivity (Wildman–Crippen MR) is 126 cm³/mol. The SMILES string of the molecule is CC[C@H](C)NC(=O)[C@H](CC)N(Cc1ccc(OC)cc1)C(=O)CCc1ccc2c(c1)OCO2. The lowest BCUT2D eigenvalue weighted by Crippen LogP contribution is -2.50. The second kappa shape index (κ2) is 11.6. The van der Waals surface area contributed by atoms with E-state index in [0.717, 1.165) is 29.0 Å². The minimum Gasteiger partial charge on any atom is -0.497 e. The van der Waals surface area contributed by atoms with E-state index < -0.39 is 6.04 Å². The highest BCUT2D eigenvalue weighted by molar-refractivity contribution is 5.88. The molecule has 33 heavy (non-hydrogen) atoms. The first-order valence-electron chi connectivity index (χ1n) is 11.6. The zero-order valence-electron chi connectivity index (χ0n) is 19.9. The van der Waals surface area contributed by atoms with Crippen molar-refractivity contribution in [3.8, 4) is 17.2 Å². The van der Waals surface area contributed by atoms with Gasteiger partial charge >= 0.3 is 0 Å². The number of nitrogens with one attached hydrogen (secondary N) is 1. The summed E-state index contributed by atoms with van der Waals surface area (Å²) in [6.07, 6.45) is 2.22. The summed E-state index contributed by atoms with van der Waals surface area (Å²) in [6.45, 7) is 6.51. The summed E-state index contributed by atoms with van der Waals surface area (Å²) in [4.78, 5) is 28.1. The lowest BCUT2D eigenvalue weighted by Gasteiger charge is -2.31. The molecule has 2 amide bonds. The molecule has 1 N–H and O–H groups in total. The molecule has 0 aromatic heterocycles. The molecule has 0 spiro atoms. The van der Waals surface area contributed by atoms with Crippen LogP contribution in [0.2, 0.25) is 0 Å². The van der Waals surface area contributed by atoms with Crippen molar-refractivity contribution in [1.29, 1.82) is 0 Å². The van der Waals surface area contributed by atoms with Gasteiger partial charge < -0.3 is 24.4 Å². The van der Waals surface area contributed by atoms with Crippen molar-refractivity contribution in [3.05, 3.63) is 53.6 Å². The fourth-order valence-electron chi connectivity index (χ4n) is 3.78. The summed E-state index contributed by atoms with van der Waals surface area (Å²) in [5.41, 5.74) is 1.94. The molecule has 3 rings (SSSR count). The van der Waals surface area contributed by atoms with Gasteiger partial charge in [-0.2, -0.15) is 0 Å². The largest absolute Gasteiger partial charge is 0.497 e. The topological polar surface area (TPSA) is 77.1 Å². The van der Waals surface area contributed by atoms with E-state index in [4.69, 9.17) is 14.2 Å². The van der Waals surface area contributed by atoms with Crippen LogP contribution in [0.5, 0.6) is 17.2 Å². The number of carbonyl (C=O) groups excluding carboxylic acids is 2. The molecule has 1 aliphatic heterocycles. The van der Waals surface area contributed by atoms with Crippen molar-refractivity contribution in [3.63, 3.8) is 0 Å². The van der Waals surface area contributed by atoms with E-state index in [1.54, 1.807) is 12.0 Å². The molecule has 1 aliphatic rings. The number of ether oxygens (including phenoxy) is 3. The lowest BCUT2D eigenvalue weighted by atomic mass is 10.1. The number of hydrogen-bond donors (Lipinski definition) is 1. The Labute approximate surface area is 196 Å². The number of hydrogen-bond acceptors (Lipinski definition) is 5. The third kappa shape index (κ3) is 6.40. The van der Waals surface area contributed by atoms with Gasteiger partial charge in [0.15, 0.2) is 11.5 Å². The first-order chi connectivity index (χ1) is 15.9. The highest BCUT2D eigenvalue weighted by atomic mass is 16.7. The number of carbonyl (C=O) groups is 2. The maximum atomic E-state index is 13.4. The molecule has 2 aromatic carbocycles. The Kier molecular flexibility index (Phi) is 8.58. The molecule has 0 saturated carbocycles.